The predicted molar refractivity (Wildman–Crippen MR) is 100 cm³/mol. The number of hydrogen-bond donors (Lipinski definition) is 2. The molecule has 2 aromatic rings. The first-order valence-corrected chi connectivity index (χ1v) is 8.99. The molecule has 1 aliphatic rings. The Hall–Kier alpha value is -2.30. The Labute approximate surface area is 149 Å². The molecule has 1 aromatic heterocycles. The summed E-state index contributed by atoms with van der Waals surface area (Å²) in [4.78, 5) is 12.4. The second-order valence-corrected chi connectivity index (χ2v) is 8.07. The summed E-state index contributed by atoms with van der Waals surface area (Å²) in [5.41, 5.74) is 7.77. The fourth-order valence-corrected chi connectivity index (χ4v) is 3.76. The van der Waals surface area contributed by atoms with Crippen molar-refractivity contribution in [3.05, 3.63) is 47.7 Å². The van der Waals surface area contributed by atoms with Crippen LogP contribution in [0.2, 0.25) is 0 Å². The van der Waals surface area contributed by atoms with Gasteiger partial charge in [-0.05, 0) is 51.7 Å². The highest BCUT2D eigenvalue weighted by Gasteiger charge is 2.36. The Balaban J connectivity index is 1.72. The van der Waals surface area contributed by atoms with Crippen LogP contribution < -0.4 is 11.1 Å². The molecule has 1 heterocycles. The van der Waals surface area contributed by atoms with Gasteiger partial charge in [0.25, 0.3) is 5.91 Å². The molecule has 3 atom stereocenters. The lowest BCUT2D eigenvalue weighted by molar-refractivity contribution is 0.0928. The molecule has 1 aliphatic carbocycles. The smallest absolute Gasteiger partial charge is 0.251 e. The number of amides is 1. The maximum atomic E-state index is 12.4. The van der Waals surface area contributed by atoms with Gasteiger partial charge in [-0.25, -0.2) is 4.68 Å². The van der Waals surface area contributed by atoms with E-state index in [0.717, 1.165) is 18.5 Å². The van der Waals surface area contributed by atoms with Crippen molar-refractivity contribution in [1.82, 2.24) is 15.1 Å². The lowest BCUT2D eigenvalue weighted by Crippen LogP contribution is -2.37. The van der Waals surface area contributed by atoms with Crippen molar-refractivity contribution in [3.63, 3.8) is 0 Å². The first-order valence-electron chi connectivity index (χ1n) is 8.99. The highest BCUT2D eigenvalue weighted by molar-refractivity contribution is 5.94. The summed E-state index contributed by atoms with van der Waals surface area (Å²) in [7, 11) is 0. The quantitative estimate of drug-likeness (QED) is 0.898. The van der Waals surface area contributed by atoms with E-state index in [1.54, 1.807) is 0 Å². The van der Waals surface area contributed by atoms with Crippen LogP contribution in [0.1, 0.15) is 62.5 Å². The zero-order valence-electron chi connectivity index (χ0n) is 15.5. The van der Waals surface area contributed by atoms with Crippen molar-refractivity contribution >= 4 is 11.7 Å². The molecule has 0 radical (unpaired) electrons. The van der Waals surface area contributed by atoms with E-state index >= 15 is 0 Å². The highest BCUT2D eigenvalue weighted by atomic mass is 16.1. The van der Waals surface area contributed by atoms with Gasteiger partial charge in [0.05, 0.1) is 11.2 Å². The molecule has 5 nitrogen and oxygen atoms in total. The Kier molecular flexibility index (Phi) is 4.58. The maximum absolute atomic E-state index is 12.4. The molecule has 0 bridgehead atoms. The Morgan fingerprint density at radius 2 is 1.92 bits per heavy atom. The van der Waals surface area contributed by atoms with Crippen LogP contribution in [-0.2, 0) is 5.54 Å². The summed E-state index contributed by atoms with van der Waals surface area (Å²) >= 11 is 0. The minimum absolute atomic E-state index is 0.00200. The number of carbonyl (C=O) groups is 1. The van der Waals surface area contributed by atoms with Gasteiger partial charge < -0.3 is 11.1 Å². The first-order chi connectivity index (χ1) is 11.8. The van der Waals surface area contributed by atoms with Crippen molar-refractivity contribution < 1.29 is 4.79 Å². The highest BCUT2D eigenvalue weighted by Crippen LogP contribution is 2.40. The molecule has 1 saturated carbocycles. The molecule has 134 valence electrons. The molecule has 1 unspecified atom stereocenters. The van der Waals surface area contributed by atoms with Crippen LogP contribution in [-0.4, -0.2) is 21.7 Å². The summed E-state index contributed by atoms with van der Waals surface area (Å²) in [6.45, 7) is 8.49. The molecule has 0 aliphatic heterocycles. The van der Waals surface area contributed by atoms with E-state index < -0.39 is 0 Å². The fourth-order valence-electron chi connectivity index (χ4n) is 3.76. The van der Waals surface area contributed by atoms with Crippen LogP contribution in [0.3, 0.4) is 0 Å². The second-order valence-electron chi connectivity index (χ2n) is 8.07. The topological polar surface area (TPSA) is 72.9 Å². The van der Waals surface area contributed by atoms with Gasteiger partial charge in [0.15, 0.2) is 0 Å². The average Bonchev–Trinajstić information content (AvgIpc) is 3.11. The van der Waals surface area contributed by atoms with E-state index in [2.05, 4.69) is 33.0 Å². The molecule has 25 heavy (non-hydrogen) atoms. The van der Waals surface area contributed by atoms with Gasteiger partial charge in [-0.3, -0.25) is 4.79 Å². The molecule has 5 heteroatoms. The number of aromatic nitrogens is 2. The average molecular weight is 340 g/mol. The molecule has 1 fully saturated rings. The van der Waals surface area contributed by atoms with Crippen molar-refractivity contribution in [2.24, 2.45) is 5.92 Å². The Morgan fingerprint density at radius 1 is 1.24 bits per heavy atom. The molecule has 0 saturated heterocycles. The molecular weight excluding hydrogens is 312 g/mol. The molecule has 1 amide bonds. The van der Waals surface area contributed by atoms with Gasteiger partial charge in [0, 0.05) is 23.6 Å². The molecular formula is C20H28N4O. The maximum Gasteiger partial charge on any atom is 0.251 e. The van der Waals surface area contributed by atoms with E-state index in [1.807, 2.05) is 41.1 Å². The van der Waals surface area contributed by atoms with Crippen LogP contribution in [0.15, 0.2) is 36.4 Å². The number of benzene rings is 1. The SMILES string of the molecule is CC1[C@@H](c2cc(N)n(C(C)(C)C)n2)CC[C@H]1NC(=O)c1ccccc1. The number of nitrogens with zero attached hydrogens (tertiary/aromatic N) is 2. The molecule has 1 aromatic carbocycles. The standard InChI is InChI=1S/C20H28N4O/c1-13-15(17-12-18(21)24(23-17)20(2,3)4)10-11-16(13)22-19(25)14-8-6-5-7-9-14/h5-9,12-13,15-16H,10-11,21H2,1-4H3,(H,22,25)/t13?,15-,16+/m0/s1. The van der Waals surface area contributed by atoms with E-state index in [1.165, 1.54) is 0 Å². The first kappa shape index (κ1) is 17.5. The number of nitrogen functional groups attached to an aromatic ring is 1. The van der Waals surface area contributed by atoms with Gasteiger partial charge in [-0.1, -0.05) is 25.1 Å². The fraction of sp³-hybridized carbons (Fsp3) is 0.500. The lowest BCUT2D eigenvalue weighted by atomic mass is 9.92. The van der Waals surface area contributed by atoms with E-state index in [4.69, 9.17) is 10.8 Å². The number of nitrogens with one attached hydrogen (secondary N) is 1. The van der Waals surface area contributed by atoms with E-state index in [0.29, 0.717) is 23.2 Å². The van der Waals surface area contributed by atoms with Crippen LogP contribution in [0, 0.1) is 5.92 Å². The van der Waals surface area contributed by atoms with Gasteiger partial charge in [0.1, 0.15) is 5.82 Å². The Morgan fingerprint density at radius 3 is 2.52 bits per heavy atom. The van der Waals surface area contributed by atoms with Gasteiger partial charge >= 0.3 is 0 Å². The van der Waals surface area contributed by atoms with Crippen LogP contribution in [0.5, 0.6) is 0 Å². The number of anilines is 1. The third-order valence-electron chi connectivity index (χ3n) is 5.18. The van der Waals surface area contributed by atoms with Gasteiger partial charge in [-0.2, -0.15) is 5.10 Å². The van der Waals surface area contributed by atoms with Gasteiger partial charge in [0.2, 0.25) is 0 Å². The molecule has 3 rings (SSSR count). The number of rotatable bonds is 3. The lowest BCUT2D eigenvalue weighted by Gasteiger charge is -2.22. The summed E-state index contributed by atoms with van der Waals surface area (Å²) in [6, 6.07) is 11.5. The number of hydrogen-bond acceptors (Lipinski definition) is 3. The summed E-state index contributed by atoms with van der Waals surface area (Å²) in [6.07, 6.45) is 1.98. The summed E-state index contributed by atoms with van der Waals surface area (Å²) < 4.78 is 1.89. The molecule has 0 spiro atoms. The van der Waals surface area contributed by atoms with Crippen molar-refractivity contribution in [2.75, 3.05) is 5.73 Å². The summed E-state index contributed by atoms with van der Waals surface area (Å²) in [5.74, 6) is 1.35. The predicted octanol–water partition coefficient (Wildman–Crippen LogP) is 3.53. The van der Waals surface area contributed by atoms with Crippen LogP contribution in [0.4, 0.5) is 5.82 Å². The summed E-state index contributed by atoms with van der Waals surface area (Å²) in [5, 5.41) is 7.96. The monoisotopic (exact) mass is 340 g/mol. The second kappa shape index (κ2) is 6.54. The number of carbonyl (C=O) groups excluding carboxylic acids is 1. The minimum atomic E-state index is -0.134. The van der Waals surface area contributed by atoms with Gasteiger partial charge in [-0.15, -0.1) is 0 Å². The third kappa shape index (κ3) is 3.55. The van der Waals surface area contributed by atoms with Crippen molar-refractivity contribution in [1.29, 1.82) is 0 Å². The van der Waals surface area contributed by atoms with E-state index in [9.17, 15) is 4.79 Å². The number of nitrogens with two attached hydrogens (primary N) is 1. The van der Waals surface area contributed by atoms with Crippen LogP contribution in [0.25, 0.3) is 0 Å². The zero-order chi connectivity index (χ0) is 18.2. The minimum Gasteiger partial charge on any atom is -0.384 e. The molecule has 3 N–H and O–H groups in total. The van der Waals surface area contributed by atoms with E-state index in [-0.39, 0.29) is 17.5 Å². The third-order valence-corrected chi connectivity index (χ3v) is 5.18. The zero-order valence-corrected chi connectivity index (χ0v) is 15.5. The van der Waals surface area contributed by atoms with Crippen molar-refractivity contribution in [3.8, 4) is 0 Å². The Bertz CT molecular complexity index is 745. The van der Waals surface area contributed by atoms with Crippen LogP contribution >= 0.6 is 0 Å². The van der Waals surface area contributed by atoms with Crippen molar-refractivity contribution in [2.45, 2.75) is 58.0 Å². The normalized spacial score (nSPS) is 23.6. The largest absolute Gasteiger partial charge is 0.384 e.